The van der Waals surface area contributed by atoms with Crippen molar-refractivity contribution in [2.24, 2.45) is 0 Å². The molecule has 8 nitrogen and oxygen atoms in total. The molecule has 1 aromatic carbocycles. The molecular formula is C19H20N6O2S. The van der Waals surface area contributed by atoms with E-state index >= 15 is 0 Å². The van der Waals surface area contributed by atoms with Crippen molar-refractivity contribution < 1.29 is 8.42 Å². The van der Waals surface area contributed by atoms with Gasteiger partial charge in [-0.2, -0.15) is 14.8 Å². The topological polar surface area (TPSA) is 113 Å². The number of nitriles is 2. The van der Waals surface area contributed by atoms with Crippen LogP contribution in [-0.4, -0.2) is 56.2 Å². The maximum atomic E-state index is 12.6. The summed E-state index contributed by atoms with van der Waals surface area (Å²) in [4.78, 5) is 6.36. The van der Waals surface area contributed by atoms with Gasteiger partial charge in [-0.15, -0.1) is 0 Å². The average Bonchev–Trinajstić information content (AvgIpc) is 2.74. The molecule has 3 rings (SSSR count). The van der Waals surface area contributed by atoms with Crippen LogP contribution in [0.25, 0.3) is 0 Å². The molecule has 0 saturated carbocycles. The molecule has 1 aliphatic heterocycles. The van der Waals surface area contributed by atoms with Crippen molar-refractivity contribution in [3.63, 3.8) is 0 Å². The van der Waals surface area contributed by atoms with E-state index in [1.54, 1.807) is 24.4 Å². The minimum atomic E-state index is -3.44. The summed E-state index contributed by atoms with van der Waals surface area (Å²) in [7, 11) is -3.44. The number of hydrogen-bond acceptors (Lipinski definition) is 7. The third-order valence-corrected chi connectivity index (χ3v) is 6.44. The van der Waals surface area contributed by atoms with Gasteiger partial charge in [-0.05, 0) is 24.3 Å². The second kappa shape index (κ2) is 8.70. The highest BCUT2D eigenvalue weighted by Gasteiger charge is 2.27. The molecule has 0 aliphatic carbocycles. The average molecular weight is 396 g/mol. The largest absolute Gasteiger partial charge is 0.382 e. The zero-order chi connectivity index (χ0) is 20.0. The molecule has 28 heavy (non-hydrogen) atoms. The molecular weight excluding hydrogens is 376 g/mol. The van der Waals surface area contributed by atoms with E-state index < -0.39 is 10.0 Å². The SMILES string of the molecule is N#Cc1cccc(C#N)c1NCCS(=O)(=O)N1CCN(c2ccccn2)CC1. The van der Waals surface area contributed by atoms with Crippen molar-refractivity contribution in [3.8, 4) is 12.1 Å². The number of anilines is 2. The number of aromatic nitrogens is 1. The Morgan fingerprint density at radius 2 is 1.68 bits per heavy atom. The fourth-order valence-electron chi connectivity index (χ4n) is 3.10. The molecule has 0 bridgehead atoms. The zero-order valence-corrected chi connectivity index (χ0v) is 16.1. The van der Waals surface area contributed by atoms with Crippen LogP contribution >= 0.6 is 0 Å². The fourth-order valence-corrected chi connectivity index (χ4v) is 4.44. The number of nitrogens with zero attached hydrogens (tertiary/aromatic N) is 5. The number of para-hydroxylation sites is 1. The number of benzene rings is 1. The van der Waals surface area contributed by atoms with Gasteiger partial charge in [-0.25, -0.2) is 13.4 Å². The summed E-state index contributed by atoms with van der Waals surface area (Å²) in [6, 6.07) is 14.5. The van der Waals surface area contributed by atoms with Gasteiger partial charge in [0.25, 0.3) is 0 Å². The molecule has 2 heterocycles. The standard InChI is InChI=1S/C19H20N6O2S/c20-14-16-4-3-5-17(15-21)19(16)23-8-13-28(26,27)25-11-9-24(10-12-25)18-6-1-2-7-22-18/h1-7,23H,8-13H2. The van der Waals surface area contributed by atoms with E-state index in [1.165, 1.54) is 4.31 Å². The van der Waals surface area contributed by atoms with Crippen molar-refractivity contribution >= 4 is 21.5 Å². The van der Waals surface area contributed by atoms with E-state index in [1.807, 2.05) is 30.3 Å². The Hall–Kier alpha value is -3.14. The number of rotatable bonds is 6. The lowest BCUT2D eigenvalue weighted by Crippen LogP contribution is -2.50. The Balaban J connectivity index is 1.57. The zero-order valence-electron chi connectivity index (χ0n) is 15.2. The predicted molar refractivity (Wildman–Crippen MR) is 106 cm³/mol. The van der Waals surface area contributed by atoms with Gasteiger partial charge in [-0.1, -0.05) is 12.1 Å². The lowest BCUT2D eigenvalue weighted by Gasteiger charge is -2.34. The Kier molecular flexibility index (Phi) is 6.09. The summed E-state index contributed by atoms with van der Waals surface area (Å²) in [6.45, 7) is 2.09. The highest BCUT2D eigenvalue weighted by atomic mass is 32.2. The van der Waals surface area contributed by atoms with Gasteiger partial charge in [0, 0.05) is 38.9 Å². The van der Waals surface area contributed by atoms with Gasteiger partial charge >= 0.3 is 0 Å². The molecule has 0 unspecified atom stereocenters. The van der Waals surface area contributed by atoms with Gasteiger partial charge in [0.15, 0.2) is 0 Å². The molecule has 0 spiro atoms. The van der Waals surface area contributed by atoms with Crippen LogP contribution in [-0.2, 0) is 10.0 Å². The number of nitrogens with one attached hydrogen (secondary N) is 1. The molecule has 1 aliphatic rings. The molecule has 1 N–H and O–H groups in total. The molecule has 1 fully saturated rings. The van der Waals surface area contributed by atoms with Crippen LogP contribution in [0.5, 0.6) is 0 Å². The Morgan fingerprint density at radius 3 is 2.25 bits per heavy atom. The Labute approximate surface area is 164 Å². The molecule has 0 amide bonds. The van der Waals surface area contributed by atoms with E-state index in [0.29, 0.717) is 43.0 Å². The number of pyridine rings is 1. The van der Waals surface area contributed by atoms with Crippen molar-refractivity contribution in [1.82, 2.24) is 9.29 Å². The maximum absolute atomic E-state index is 12.6. The minimum absolute atomic E-state index is 0.110. The summed E-state index contributed by atoms with van der Waals surface area (Å²) in [5.74, 6) is 0.736. The third-order valence-electron chi connectivity index (χ3n) is 4.57. The molecule has 144 valence electrons. The molecule has 1 aromatic heterocycles. The number of sulfonamides is 1. The van der Waals surface area contributed by atoms with Crippen LogP contribution < -0.4 is 10.2 Å². The first kappa shape index (κ1) is 19.6. The maximum Gasteiger partial charge on any atom is 0.215 e. The van der Waals surface area contributed by atoms with Crippen LogP contribution in [0.3, 0.4) is 0 Å². The molecule has 1 saturated heterocycles. The molecule has 9 heteroatoms. The summed E-state index contributed by atoms with van der Waals surface area (Å²) < 4.78 is 26.8. The first-order valence-corrected chi connectivity index (χ1v) is 10.5. The van der Waals surface area contributed by atoms with Crippen LogP contribution in [0.4, 0.5) is 11.5 Å². The highest BCUT2D eigenvalue weighted by Crippen LogP contribution is 2.20. The van der Waals surface area contributed by atoms with E-state index in [4.69, 9.17) is 0 Å². The van der Waals surface area contributed by atoms with E-state index in [-0.39, 0.29) is 12.3 Å². The van der Waals surface area contributed by atoms with Crippen molar-refractivity contribution in [3.05, 3.63) is 53.7 Å². The lowest BCUT2D eigenvalue weighted by atomic mass is 10.1. The van der Waals surface area contributed by atoms with E-state index in [9.17, 15) is 18.9 Å². The molecule has 2 aromatic rings. The lowest BCUT2D eigenvalue weighted by molar-refractivity contribution is 0.384. The second-order valence-electron chi connectivity index (χ2n) is 6.27. The van der Waals surface area contributed by atoms with Crippen LogP contribution in [0.1, 0.15) is 11.1 Å². The summed E-state index contributed by atoms with van der Waals surface area (Å²) >= 11 is 0. The Bertz CT molecular complexity index is 971. The van der Waals surface area contributed by atoms with Gasteiger partial charge in [0.05, 0.1) is 22.6 Å². The summed E-state index contributed by atoms with van der Waals surface area (Å²) in [5, 5.41) is 21.3. The van der Waals surface area contributed by atoms with Crippen molar-refractivity contribution in [1.29, 1.82) is 10.5 Å². The monoisotopic (exact) mass is 396 g/mol. The van der Waals surface area contributed by atoms with Crippen LogP contribution in [0.15, 0.2) is 42.6 Å². The van der Waals surface area contributed by atoms with Crippen molar-refractivity contribution in [2.75, 3.05) is 48.7 Å². The highest BCUT2D eigenvalue weighted by molar-refractivity contribution is 7.89. The van der Waals surface area contributed by atoms with Crippen LogP contribution in [0.2, 0.25) is 0 Å². The molecule has 0 radical (unpaired) electrons. The van der Waals surface area contributed by atoms with Gasteiger partial charge < -0.3 is 10.2 Å². The summed E-state index contributed by atoms with van der Waals surface area (Å²) in [6.07, 6.45) is 1.72. The molecule has 0 atom stereocenters. The number of hydrogen-bond donors (Lipinski definition) is 1. The minimum Gasteiger partial charge on any atom is -0.382 e. The quantitative estimate of drug-likeness (QED) is 0.785. The second-order valence-corrected chi connectivity index (χ2v) is 8.36. The van der Waals surface area contributed by atoms with Crippen molar-refractivity contribution in [2.45, 2.75) is 0 Å². The van der Waals surface area contributed by atoms with Gasteiger partial charge in [-0.3, -0.25) is 0 Å². The van der Waals surface area contributed by atoms with Gasteiger partial charge in [0.1, 0.15) is 18.0 Å². The Morgan fingerprint density at radius 1 is 1.00 bits per heavy atom. The van der Waals surface area contributed by atoms with E-state index in [0.717, 1.165) is 5.82 Å². The predicted octanol–water partition coefficient (Wildman–Crippen LogP) is 1.39. The van der Waals surface area contributed by atoms with Crippen LogP contribution in [0, 0.1) is 22.7 Å². The first-order valence-electron chi connectivity index (χ1n) is 8.86. The fraction of sp³-hybridized carbons (Fsp3) is 0.316. The number of piperazine rings is 1. The third kappa shape index (κ3) is 4.39. The van der Waals surface area contributed by atoms with Gasteiger partial charge in [0.2, 0.25) is 10.0 Å². The summed E-state index contributed by atoms with van der Waals surface area (Å²) in [5.41, 5.74) is 1.02. The first-order chi connectivity index (χ1) is 13.5. The van der Waals surface area contributed by atoms with E-state index in [2.05, 4.69) is 15.2 Å². The smallest absolute Gasteiger partial charge is 0.215 e. The normalized spacial score (nSPS) is 14.9.